The summed E-state index contributed by atoms with van der Waals surface area (Å²) < 4.78 is 0. The molecule has 2 aromatic rings. The molecule has 4 N–H and O–H groups in total. The number of benzene rings is 2. The summed E-state index contributed by atoms with van der Waals surface area (Å²) in [5.41, 5.74) is 4.14. The van der Waals surface area contributed by atoms with E-state index in [0.717, 1.165) is 0 Å². The Morgan fingerprint density at radius 2 is 0.773 bits per heavy atom. The first kappa shape index (κ1) is 16.2. The molecule has 0 aliphatic rings. The Labute approximate surface area is 129 Å². The predicted octanol–water partition coefficient (Wildman–Crippen LogP) is 1.06. The second-order valence-corrected chi connectivity index (χ2v) is 4.96. The molecule has 4 nitrogen and oxygen atoms in total. The molecule has 4 heteroatoms. The molecule has 22 heavy (non-hydrogen) atoms. The van der Waals surface area contributed by atoms with Gasteiger partial charge >= 0.3 is 0 Å². The maximum absolute atomic E-state index is 9.22. The lowest BCUT2D eigenvalue weighted by Gasteiger charge is -2.03. The van der Waals surface area contributed by atoms with E-state index in [1.807, 2.05) is 0 Å². The van der Waals surface area contributed by atoms with Crippen molar-refractivity contribution in [2.45, 2.75) is 26.4 Å². The van der Waals surface area contributed by atoms with Crippen molar-refractivity contribution in [3.63, 3.8) is 0 Å². The van der Waals surface area contributed by atoms with Gasteiger partial charge in [0.1, 0.15) is 0 Å². The van der Waals surface area contributed by atoms with Gasteiger partial charge in [0.05, 0.1) is 26.4 Å². The number of aliphatic hydroxyl groups is 4. The fourth-order valence-electron chi connectivity index (χ4n) is 2.18. The summed E-state index contributed by atoms with van der Waals surface area (Å²) in [5, 5.41) is 36.9. The minimum atomic E-state index is -0.114. The highest BCUT2D eigenvalue weighted by Gasteiger charge is 2.00. The van der Waals surface area contributed by atoms with E-state index in [4.69, 9.17) is 0 Å². The van der Waals surface area contributed by atoms with E-state index >= 15 is 0 Å². The van der Waals surface area contributed by atoms with Crippen molar-refractivity contribution in [3.8, 4) is 11.8 Å². The molecule has 0 radical (unpaired) electrons. The van der Waals surface area contributed by atoms with Crippen LogP contribution >= 0.6 is 0 Å². The smallest absolute Gasteiger partial charge is 0.0682 e. The van der Waals surface area contributed by atoms with E-state index in [1.54, 1.807) is 36.4 Å². The monoisotopic (exact) mass is 298 g/mol. The third-order valence-corrected chi connectivity index (χ3v) is 3.19. The number of hydrogen-bond acceptors (Lipinski definition) is 4. The molecule has 0 saturated heterocycles. The summed E-state index contributed by atoms with van der Waals surface area (Å²) in [4.78, 5) is 0. The van der Waals surface area contributed by atoms with Gasteiger partial charge in [-0.15, -0.1) is 0 Å². The molecule has 0 aliphatic carbocycles. The van der Waals surface area contributed by atoms with Crippen molar-refractivity contribution >= 4 is 0 Å². The van der Waals surface area contributed by atoms with Crippen LogP contribution in [0.3, 0.4) is 0 Å². The summed E-state index contributed by atoms with van der Waals surface area (Å²) >= 11 is 0. The molecule has 114 valence electrons. The van der Waals surface area contributed by atoms with Gasteiger partial charge in [0.25, 0.3) is 0 Å². The first-order valence-corrected chi connectivity index (χ1v) is 6.89. The average molecular weight is 298 g/mol. The van der Waals surface area contributed by atoms with E-state index in [0.29, 0.717) is 33.4 Å². The van der Waals surface area contributed by atoms with Crippen molar-refractivity contribution in [2.24, 2.45) is 0 Å². The van der Waals surface area contributed by atoms with Gasteiger partial charge in [0, 0.05) is 11.1 Å². The van der Waals surface area contributed by atoms with E-state index in [1.165, 1.54) is 0 Å². The SMILES string of the molecule is OCc1cc(C#Cc2cc(CO)cc(CO)c2)cc(CO)c1. The van der Waals surface area contributed by atoms with Crippen LogP contribution in [-0.2, 0) is 26.4 Å². The Morgan fingerprint density at radius 1 is 0.500 bits per heavy atom. The van der Waals surface area contributed by atoms with Crippen LogP contribution in [-0.4, -0.2) is 20.4 Å². The van der Waals surface area contributed by atoms with Gasteiger partial charge in [-0.3, -0.25) is 0 Å². The molecule has 0 fully saturated rings. The molecule has 0 spiro atoms. The minimum absolute atomic E-state index is 0.114. The van der Waals surface area contributed by atoms with Crippen LogP contribution in [0.1, 0.15) is 33.4 Å². The van der Waals surface area contributed by atoms with Crippen LogP contribution in [0.4, 0.5) is 0 Å². The molecule has 0 heterocycles. The zero-order chi connectivity index (χ0) is 15.9. The van der Waals surface area contributed by atoms with Gasteiger partial charge in [0.2, 0.25) is 0 Å². The standard InChI is InChI=1S/C18H18O4/c19-9-15-3-13(4-16(7-15)10-20)1-2-14-5-17(11-21)8-18(6-14)12-22/h3-8,19-22H,9-12H2. The molecule has 0 saturated carbocycles. The number of aliphatic hydroxyl groups excluding tert-OH is 4. The molecule has 0 bridgehead atoms. The number of hydrogen-bond donors (Lipinski definition) is 4. The maximum atomic E-state index is 9.22. The molecule has 0 amide bonds. The Morgan fingerprint density at radius 3 is 1.00 bits per heavy atom. The second kappa shape index (κ2) is 7.74. The van der Waals surface area contributed by atoms with E-state index in [-0.39, 0.29) is 26.4 Å². The molecular formula is C18H18O4. The summed E-state index contributed by atoms with van der Waals surface area (Å²) in [6.07, 6.45) is 0. The highest BCUT2D eigenvalue weighted by molar-refractivity contribution is 5.47. The third-order valence-electron chi connectivity index (χ3n) is 3.19. The molecule has 2 rings (SSSR count). The topological polar surface area (TPSA) is 80.9 Å². The van der Waals surface area contributed by atoms with Gasteiger partial charge in [0.15, 0.2) is 0 Å². The zero-order valence-electron chi connectivity index (χ0n) is 12.1. The van der Waals surface area contributed by atoms with Crippen LogP contribution in [0.15, 0.2) is 36.4 Å². The van der Waals surface area contributed by atoms with Crippen LogP contribution < -0.4 is 0 Å². The number of rotatable bonds is 4. The van der Waals surface area contributed by atoms with Crippen LogP contribution in [0.2, 0.25) is 0 Å². The van der Waals surface area contributed by atoms with E-state index in [9.17, 15) is 20.4 Å². The quantitative estimate of drug-likeness (QED) is 0.636. The predicted molar refractivity (Wildman–Crippen MR) is 82.6 cm³/mol. The lowest BCUT2D eigenvalue weighted by molar-refractivity contribution is 0.275. The molecule has 0 atom stereocenters. The van der Waals surface area contributed by atoms with Crippen molar-refractivity contribution in [1.82, 2.24) is 0 Å². The van der Waals surface area contributed by atoms with Gasteiger partial charge in [-0.1, -0.05) is 24.0 Å². The summed E-state index contributed by atoms with van der Waals surface area (Å²) in [5.74, 6) is 5.96. The van der Waals surface area contributed by atoms with E-state index in [2.05, 4.69) is 11.8 Å². The van der Waals surface area contributed by atoms with Gasteiger partial charge < -0.3 is 20.4 Å². The van der Waals surface area contributed by atoms with E-state index < -0.39 is 0 Å². The highest BCUT2D eigenvalue weighted by atomic mass is 16.3. The van der Waals surface area contributed by atoms with Crippen LogP contribution in [0, 0.1) is 11.8 Å². The largest absolute Gasteiger partial charge is 0.392 e. The first-order valence-electron chi connectivity index (χ1n) is 6.89. The first-order chi connectivity index (χ1) is 10.7. The zero-order valence-corrected chi connectivity index (χ0v) is 12.1. The Hall–Kier alpha value is -2.16. The Balaban J connectivity index is 2.37. The average Bonchev–Trinajstić information content (AvgIpc) is 2.59. The third kappa shape index (κ3) is 4.17. The summed E-state index contributed by atoms with van der Waals surface area (Å²) in [6, 6.07) is 10.5. The molecule has 2 aromatic carbocycles. The molecular weight excluding hydrogens is 280 g/mol. The van der Waals surface area contributed by atoms with Crippen molar-refractivity contribution in [2.75, 3.05) is 0 Å². The van der Waals surface area contributed by atoms with Crippen molar-refractivity contribution in [1.29, 1.82) is 0 Å². The van der Waals surface area contributed by atoms with Crippen LogP contribution in [0.25, 0.3) is 0 Å². The maximum Gasteiger partial charge on any atom is 0.0682 e. The van der Waals surface area contributed by atoms with Gasteiger partial charge in [-0.05, 0) is 46.5 Å². The normalized spacial score (nSPS) is 10.2. The lowest BCUT2D eigenvalue weighted by Crippen LogP contribution is -1.92. The highest BCUT2D eigenvalue weighted by Crippen LogP contribution is 2.12. The Kier molecular flexibility index (Phi) is 5.70. The Bertz CT molecular complexity index is 607. The fraction of sp³-hybridized carbons (Fsp3) is 0.222. The molecule has 0 aromatic heterocycles. The fourth-order valence-corrected chi connectivity index (χ4v) is 2.18. The van der Waals surface area contributed by atoms with Crippen molar-refractivity contribution in [3.05, 3.63) is 69.8 Å². The van der Waals surface area contributed by atoms with Crippen molar-refractivity contribution < 1.29 is 20.4 Å². The lowest BCUT2D eigenvalue weighted by atomic mass is 10.0. The summed E-state index contributed by atoms with van der Waals surface area (Å²) in [7, 11) is 0. The summed E-state index contributed by atoms with van der Waals surface area (Å²) in [6.45, 7) is -0.456. The second-order valence-electron chi connectivity index (χ2n) is 4.96. The molecule has 0 unspecified atom stereocenters. The van der Waals surface area contributed by atoms with Gasteiger partial charge in [-0.2, -0.15) is 0 Å². The minimum Gasteiger partial charge on any atom is -0.392 e. The molecule has 0 aliphatic heterocycles. The van der Waals surface area contributed by atoms with Crippen LogP contribution in [0.5, 0.6) is 0 Å². The van der Waals surface area contributed by atoms with Gasteiger partial charge in [-0.25, -0.2) is 0 Å².